The van der Waals surface area contributed by atoms with E-state index in [1.165, 1.54) is 0 Å². The van der Waals surface area contributed by atoms with Crippen LogP contribution in [0, 0.1) is 0 Å². The second-order valence-electron chi connectivity index (χ2n) is 5.86. The van der Waals surface area contributed by atoms with E-state index in [4.69, 9.17) is 4.74 Å². The van der Waals surface area contributed by atoms with Crippen molar-refractivity contribution in [3.05, 3.63) is 72.7 Å². The predicted molar refractivity (Wildman–Crippen MR) is 101 cm³/mol. The van der Waals surface area contributed by atoms with Crippen molar-refractivity contribution >= 4 is 11.5 Å². The molecule has 0 fully saturated rings. The van der Waals surface area contributed by atoms with Crippen molar-refractivity contribution in [1.29, 1.82) is 0 Å². The Bertz CT molecular complexity index is 1010. The van der Waals surface area contributed by atoms with Gasteiger partial charge in [0.05, 0.1) is 19.0 Å². The third-order valence-electron chi connectivity index (χ3n) is 4.14. The third-order valence-corrected chi connectivity index (χ3v) is 4.14. The van der Waals surface area contributed by atoms with Crippen LogP contribution in [0.15, 0.2) is 67.0 Å². The zero-order chi connectivity index (χ0) is 17.8. The van der Waals surface area contributed by atoms with Crippen LogP contribution in [0.2, 0.25) is 0 Å². The normalized spacial score (nSPS) is 10.8. The van der Waals surface area contributed by atoms with Gasteiger partial charge in [-0.15, -0.1) is 5.10 Å². The first-order chi connectivity index (χ1) is 12.8. The number of benzene rings is 1. The molecule has 0 aliphatic rings. The molecule has 0 spiro atoms. The second-order valence-corrected chi connectivity index (χ2v) is 5.86. The van der Waals surface area contributed by atoms with Gasteiger partial charge in [-0.3, -0.25) is 4.98 Å². The van der Waals surface area contributed by atoms with Gasteiger partial charge in [-0.2, -0.15) is 0 Å². The summed E-state index contributed by atoms with van der Waals surface area (Å²) in [6.07, 6.45) is 4.48. The second kappa shape index (κ2) is 7.23. The van der Waals surface area contributed by atoms with E-state index in [9.17, 15) is 0 Å². The quantitative estimate of drug-likeness (QED) is 0.580. The van der Waals surface area contributed by atoms with Gasteiger partial charge in [0.15, 0.2) is 5.65 Å². The molecule has 3 aromatic heterocycles. The van der Waals surface area contributed by atoms with Crippen LogP contribution in [0.25, 0.3) is 16.9 Å². The molecular formula is C20H19N5O. The van der Waals surface area contributed by atoms with Crippen molar-refractivity contribution < 1.29 is 4.74 Å². The fraction of sp³-hybridized carbons (Fsp3) is 0.150. The molecule has 0 saturated heterocycles. The molecule has 0 radical (unpaired) electrons. The van der Waals surface area contributed by atoms with Gasteiger partial charge in [0.2, 0.25) is 0 Å². The highest BCUT2D eigenvalue weighted by Crippen LogP contribution is 2.24. The predicted octanol–water partition coefficient (Wildman–Crippen LogP) is 3.45. The Morgan fingerprint density at radius 3 is 2.85 bits per heavy atom. The Hall–Kier alpha value is -3.41. The first-order valence-corrected chi connectivity index (χ1v) is 8.46. The molecule has 6 heteroatoms. The van der Waals surface area contributed by atoms with Gasteiger partial charge in [0.25, 0.3) is 0 Å². The largest absolute Gasteiger partial charge is 0.497 e. The van der Waals surface area contributed by atoms with Crippen molar-refractivity contribution in [2.45, 2.75) is 6.42 Å². The Morgan fingerprint density at radius 1 is 1.04 bits per heavy atom. The molecule has 1 aromatic carbocycles. The van der Waals surface area contributed by atoms with Crippen molar-refractivity contribution in [2.24, 2.45) is 0 Å². The maximum absolute atomic E-state index is 5.32. The third kappa shape index (κ3) is 3.35. The monoisotopic (exact) mass is 345 g/mol. The first kappa shape index (κ1) is 16.1. The number of fused-ring (bicyclic) bond motifs is 1. The van der Waals surface area contributed by atoms with E-state index in [0.29, 0.717) is 0 Å². The lowest BCUT2D eigenvalue weighted by Gasteiger charge is -2.07. The molecule has 0 aliphatic heterocycles. The van der Waals surface area contributed by atoms with Crippen molar-refractivity contribution in [3.63, 3.8) is 0 Å². The van der Waals surface area contributed by atoms with Gasteiger partial charge in [0, 0.05) is 30.4 Å². The van der Waals surface area contributed by atoms with E-state index in [-0.39, 0.29) is 0 Å². The van der Waals surface area contributed by atoms with Gasteiger partial charge in [-0.25, -0.2) is 9.50 Å². The standard InChI is InChI=1S/C20H19N5O/c1-26-17-7-4-5-15(13-17)18-14-23-20-9-8-19(24-25(18)20)22-12-10-16-6-2-3-11-21-16/h2-9,11,13-14H,10,12H2,1H3,(H,22,24). The number of rotatable bonds is 6. The molecule has 4 aromatic rings. The average molecular weight is 345 g/mol. The van der Waals surface area contributed by atoms with Crippen LogP contribution in [0.3, 0.4) is 0 Å². The number of anilines is 1. The van der Waals surface area contributed by atoms with E-state index in [1.54, 1.807) is 7.11 Å². The van der Waals surface area contributed by atoms with Crippen LogP contribution in [0.5, 0.6) is 5.75 Å². The Labute approximate surface area is 151 Å². The van der Waals surface area contributed by atoms with Crippen molar-refractivity contribution in [3.8, 4) is 17.0 Å². The summed E-state index contributed by atoms with van der Waals surface area (Å²) < 4.78 is 7.16. The number of hydrogen-bond donors (Lipinski definition) is 1. The van der Waals surface area contributed by atoms with E-state index in [2.05, 4.69) is 20.4 Å². The number of nitrogens with one attached hydrogen (secondary N) is 1. The smallest absolute Gasteiger partial charge is 0.154 e. The van der Waals surface area contributed by atoms with Crippen LogP contribution < -0.4 is 10.1 Å². The van der Waals surface area contributed by atoms with Crippen LogP contribution in [-0.4, -0.2) is 33.2 Å². The summed E-state index contributed by atoms with van der Waals surface area (Å²) in [7, 11) is 1.66. The number of aromatic nitrogens is 4. The highest BCUT2D eigenvalue weighted by molar-refractivity contribution is 5.65. The molecule has 26 heavy (non-hydrogen) atoms. The Morgan fingerprint density at radius 2 is 2.00 bits per heavy atom. The van der Waals surface area contributed by atoms with Crippen molar-refractivity contribution in [2.75, 3.05) is 19.0 Å². The zero-order valence-electron chi connectivity index (χ0n) is 14.5. The molecule has 0 unspecified atom stereocenters. The van der Waals surface area contributed by atoms with Crippen molar-refractivity contribution in [1.82, 2.24) is 19.6 Å². The molecule has 0 bridgehead atoms. The number of imidazole rings is 1. The number of nitrogens with zero attached hydrogens (tertiary/aromatic N) is 4. The lowest BCUT2D eigenvalue weighted by molar-refractivity contribution is 0.415. The van der Waals surface area contributed by atoms with Gasteiger partial charge >= 0.3 is 0 Å². The minimum atomic E-state index is 0.763. The molecule has 0 aliphatic carbocycles. The summed E-state index contributed by atoms with van der Waals surface area (Å²) in [5, 5.41) is 8.03. The Balaban J connectivity index is 1.56. The first-order valence-electron chi connectivity index (χ1n) is 8.46. The summed E-state index contributed by atoms with van der Waals surface area (Å²) in [6, 6.07) is 17.7. The fourth-order valence-corrected chi connectivity index (χ4v) is 2.81. The van der Waals surface area contributed by atoms with Crippen LogP contribution >= 0.6 is 0 Å². The topological polar surface area (TPSA) is 64.3 Å². The maximum Gasteiger partial charge on any atom is 0.154 e. The minimum absolute atomic E-state index is 0.763. The molecule has 4 rings (SSSR count). The van der Waals surface area contributed by atoms with Crippen LogP contribution in [-0.2, 0) is 6.42 Å². The molecule has 0 saturated carbocycles. The summed E-state index contributed by atoms with van der Waals surface area (Å²) in [4.78, 5) is 8.78. The number of hydrogen-bond acceptors (Lipinski definition) is 5. The number of ether oxygens (including phenoxy) is 1. The highest BCUT2D eigenvalue weighted by Gasteiger charge is 2.09. The summed E-state index contributed by atoms with van der Waals surface area (Å²) in [5.74, 6) is 1.61. The van der Waals surface area contributed by atoms with Gasteiger partial charge < -0.3 is 10.1 Å². The van der Waals surface area contributed by atoms with E-state index in [0.717, 1.165) is 47.1 Å². The van der Waals surface area contributed by atoms with Crippen LogP contribution in [0.1, 0.15) is 5.69 Å². The lowest BCUT2D eigenvalue weighted by Crippen LogP contribution is -2.09. The van der Waals surface area contributed by atoms with E-state index < -0.39 is 0 Å². The van der Waals surface area contributed by atoms with Gasteiger partial charge in [-0.1, -0.05) is 18.2 Å². The van der Waals surface area contributed by atoms with Crippen LogP contribution in [0.4, 0.5) is 5.82 Å². The van der Waals surface area contributed by atoms with Gasteiger partial charge in [0.1, 0.15) is 11.6 Å². The molecule has 130 valence electrons. The average Bonchev–Trinajstić information content (AvgIpc) is 3.12. The molecule has 1 N–H and O–H groups in total. The molecule has 0 amide bonds. The summed E-state index contributed by atoms with van der Waals surface area (Å²) >= 11 is 0. The molecular weight excluding hydrogens is 326 g/mol. The number of methoxy groups -OCH3 is 1. The molecule has 3 heterocycles. The summed E-state index contributed by atoms with van der Waals surface area (Å²) in [5.41, 5.74) is 3.79. The van der Waals surface area contributed by atoms with E-state index in [1.807, 2.05) is 71.5 Å². The molecule has 6 nitrogen and oxygen atoms in total. The fourth-order valence-electron chi connectivity index (χ4n) is 2.81. The highest BCUT2D eigenvalue weighted by atomic mass is 16.5. The lowest BCUT2D eigenvalue weighted by atomic mass is 10.1. The number of pyridine rings is 1. The minimum Gasteiger partial charge on any atom is -0.497 e. The molecule has 0 atom stereocenters. The SMILES string of the molecule is COc1cccc(-c2cnc3ccc(NCCc4ccccn4)nn23)c1. The van der Waals surface area contributed by atoms with E-state index >= 15 is 0 Å². The zero-order valence-corrected chi connectivity index (χ0v) is 14.5. The van der Waals surface area contributed by atoms with Gasteiger partial charge in [-0.05, 0) is 36.4 Å². The summed E-state index contributed by atoms with van der Waals surface area (Å²) in [6.45, 7) is 0.763. The maximum atomic E-state index is 5.32. The Kier molecular flexibility index (Phi) is 4.47.